The molecule has 1 amide bonds. The molecule has 144 valence electrons. The molecule has 8 heteroatoms. The molecule has 1 aromatic heterocycles. The molecule has 1 aromatic carbocycles. The number of halogens is 3. The van der Waals surface area contributed by atoms with Gasteiger partial charge in [0.25, 0.3) is 5.91 Å². The van der Waals surface area contributed by atoms with E-state index in [4.69, 9.17) is 0 Å². The smallest absolute Gasteiger partial charge is 0.346 e. The molecule has 2 rings (SSSR count). The minimum Gasteiger partial charge on any atom is -0.346 e. The van der Waals surface area contributed by atoms with Crippen LogP contribution in [-0.4, -0.2) is 22.0 Å². The van der Waals surface area contributed by atoms with Gasteiger partial charge in [0, 0.05) is 29.9 Å². The number of aryl methyl sites for hydroxylation is 1. The molecule has 1 N–H and O–H groups in total. The molecular formula is C19H19F3N2O3. The Kier molecular flexibility index (Phi) is 5.30. The van der Waals surface area contributed by atoms with Crippen LogP contribution < -0.4 is 5.32 Å². The van der Waals surface area contributed by atoms with E-state index < -0.39 is 34.6 Å². The Morgan fingerprint density at radius 1 is 1.04 bits per heavy atom. The van der Waals surface area contributed by atoms with Gasteiger partial charge in [-0.05, 0) is 24.3 Å². The van der Waals surface area contributed by atoms with Gasteiger partial charge in [-0.3, -0.25) is 14.4 Å². The van der Waals surface area contributed by atoms with Crippen molar-refractivity contribution in [1.82, 2.24) is 4.57 Å². The van der Waals surface area contributed by atoms with Gasteiger partial charge < -0.3 is 9.88 Å². The normalized spacial score (nSPS) is 12.0. The number of carbonyl (C=O) groups is 3. The molecule has 0 unspecified atom stereocenters. The summed E-state index contributed by atoms with van der Waals surface area (Å²) < 4.78 is 39.7. The van der Waals surface area contributed by atoms with Crippen LogP contribution in [0.25, 0.3) is 0 Å². The van der Waals surface area contributed by atoms with Gasteiger partial charge in [-0.1, -0.05) is 26.8 Å². The molecule has 0 aliphatic carbocycles. The number of rotatable bonds is 4. The summed E-state index contributed by atoms with van der Waals surface area (Å²) in [5.41, 5.74) is -1.70. The molecule has 5 nitrogen and oxygen atoms in total. The third-order valence-corrected chi connectivity index (χ3v) is 3.83. The Morgan fingerprint density at radius 3 is 2.22 bits per heavy atom. The Bertz CT molecular complexity index is 906. The highest BCUT2D eigenvalue weighted by Crippen LogP contribution is 2.30. The van der Waals surface area contributed by atoms with Crippen molar-refractivity contribution in [3.8, 4) is 0 Å². The lowest BCUT2D eigenvalue weighted by atomic mass is 9.87. The number of hydrogen-bond acceptors (Lipinski definition) is 3. The molecule has 0 atom stereocenters. The minimum atomic E-state index is -4.53. The fraction of sp³-hybridized carbons (Fsp3) is 0.316. The first-order valence-electron chi connectivity index (χ1n) is 8.05. The van der Waals surface area contributed by atoms with Crippen molar-refractivity contribution in [3.63, 3.8) is 0 Å². The van der Waals surface area contributed by atoms with E-state index in [-0.39, 0.29) is 16.9 Å². The number of alkyl halides is 3. The van der Waals surface area contributed by atoms with Crippen molar-refractivity contribution < 1.29 is 27.6 Å². The Hall–Kier alpha value is -2.90. The van der Waals surface area contributed by atoms with Crippen molar-refractivity contribution >= 4 is 23.2 Å². The second kappa shape index (κ2) is 7.02. The van der Waals surface area contributed by atoms with Gasteiger partial charge in [0.05, 0.1) is 5.56 Å². The number of hydrogen-bond donors (Lipinski definition) is 1. The fourth-order valence-corrected chi connectivity index (χ4v) is 2.35. The summed E-state index contributed by atoms with van der Waals surface area (Å²) in [7, 11) is 1.50. The van der Waals surface area contributed by atoms with Gasteiger partial charge in [0.15, 0.2) is 0 Å². The number of nitrogens with one attached hydrogen (secondary N) is 1. The molecule has 0 saturated carbocycles. The third kappa shape index (κ3) is 4.64. The van der Waals surface area contributed by atoms with Crippen LogP contribution in [0, 0.1) is 5.41 Å². The molecule has 0 spiro atoms. The van der Waals surface area contributed by atoms with Crippen LogP contribution in [0.2, 0.25) is 0 Å². The van der Waals surface area contributed by atoms with Crippen molar-refractivity contribution in [1.29, 1.82) is 0 Å². The van der Waals surface area contributed by atoms with Gasteiger partial charge in [0.2, 0.25) is 11.6 Å². The van der Waals surface area contributed by atoms with Crippen molar-refractivity contribution in [2.75, 3.05) is 5.32 Å². The average Bonchev–Trinajstić information content (AvgIpc) is 2.94. The Balaban J connectivity index is 2.25. The standard InChI is InChI=1S/C19H19F3N2O3/c1-18(2,3)16(26)15(25)11-8-14(24(4)10-11)17(27)23-13-7-5-6-12(9-13)19(20,21)22/h5-10H,1-4H3,(H,23,27). The van der Waals surface area contributed by atoms with Crippen molar-refractivity contribution in [3.05, 3.63) is 53.3 Å². The largest absolute Gasteiger partial charge is 0.416 e. The van der Waals surface area contributed by atoms with Crippen molar-refractivity contribution in [2.45, 2.75) is 26.9 Å². The maximum atomic E-state index is 12.8. The zero-order chi connectivity index (χ0) is 20.6. The summed E-state index contributed by atoms with van der Waals surface area (Å²) in [5.74, 6) is -2.02. The number of carbonyl (C=O) groups excluding carboxylic acids is 3. The van der Waals surface area contributed by atoms with Gasteiger partial charge in [0.1, 0.15) is 5.69 Å². The summed E-state index contributed by atoms with van der Waals surface area (Å²) in [6.07, 6.45) is -3.19. The molecule has 2 aromatic rings. The maximum absolute atomic E-state index is 12.8. The highest BCUT2D eigenvalue weighted by Gasteiger charge is 2.31. The number of benzene rings is 1. The Morgan fingerprint density at radius 2 is 1.67 bits per heavy atom. The van der Waals surface area contributed by atoms with E-state index in [0.717, 1.165) is 12.1 Å². The highest BCUT2D eigenvalue weighted by atomic mass is 19.4. The van der Waals surface area contributed by atoms with Crippen LogP contribution in [-0.2, 0) is 18.0 Å². The molecule has 0 aliphatic rings. The predicted molar refractivity (Wildman–Crippen MR) is 93.6 cm³/mol. The quantitative estimate of drug-likeness (QED) is 0.642. The third-order valence-electron chi connectivity index (χ3n) is 3.83. The van der Waals surface area contributed by atoms with Crippen LogP contribution in [0.1, 0.15) is 47.2 Å². The molecule has 27 heavy (non-hydrogen) atoms. The molecule has 0 radical (unpaired) electrons. The molecule has 1 heterocycles. The molecule has 0 fully saturated rings. The van der Waals surface area contributed by atoms with Crippen LogP contribution in [0.15, 0.2) is 36.5 Å². The SMILES string of the molecule is Cn1cc(C(=O)C(=O)C(C)(C)C)cc1C(=O)Nc1cccc(C(F)(F)F)c1. The van der Waals surface area contributed by atoms with E-state index in [9.17, 15) is 27.6 Å². The number of nitrogens with zero attached hydrogens (tertiary/aromatic N) is 1. The number of anilines is 1. The van der Waals surface area contributed by atoms with E-state index in [1.807, 2.05) is 0 Å². The first-order chi connectivity index (χ1) is 12.3. The molecule has 0 saturated heterocycles. The van der Waals surface area contributed by atoms with Crippen LogP contribution >= 0.6 is 0 Å². The zero-order valence-electron chi connectivity index (χ0n) is 15.3. The van der Waals surface area contributed by atoms with E-state index >= 15 is 0 Å². The summed E-state index contributed by atoms with van der Waals surface area (Å²) in [6, 6.07) is 5.46. The monoisotopic (exact) mass is 380 g/mol. The summed E-state index contributed by atoms with van der Waals surface area (Å²) in [5, 5.41) is 2.37. The van der Waals surface area contributed by atoms with E-state index in [1.54, 1.807) is 20.8 Å². The first-order valence-corrected chi connectivity index (χ1v) is 8.05. The lowest BCUT2D eigenvalue weighted by molar-refractivity contribution is -0.137. The first kappa shape index (κ1) is 20.4. The lowest BCUT2D eigenvalue weighted by Gasteiger charge is -2.14. The number of Topliss-reactive ketones (excluding diaryl/α,β-unsaturated/α-hetero) is 2. The minimum absolute atomic E-state index is 0.0327. The Labute approximate surface area is 154 Å². The average molecular weight is 380 g/mol. The maximum Gasteiger partial charge on any atom is 0.416 e. The van der Waals surface area contributed by atoms with Crippen LogP contribution in [0.4, 0.5) is 18.9 Å². The topological polar surface area (TPSA) is 68.2 Å². The zero-order valence-corrected chi connectivity index (χ0v) is 15.3. The lowest BCUT2D eigenvalue weighted by Crippen LogP contribution is -2.28. The van der Waals surface area contributed by atoms with Crippen LogP contribution in [0.3, 0.4) is 0 Å². The predicted octanol–water partition coefficient (Wildman–Crippen LogP) is 4.09. The summed E-state index contributed by atoms with van der Waals surface area (Å²) >= 11 is 0. The molecule has 0 bridgehead atoms. The van der Waals surface area contributed by atoms with Gasteiger partial charge >= 0.3 is 6.18 Å². The second-order valence-corrected chi connectivity index (χ2v) is 7.17. The highest BCUT2D eigenvalue weighted by molar-refractivity contribution is 6.45. The van der Waals surface area contributed by atoms with Gasteiger partial charge in [-0.25, -0.2) is 0 Å². The second-order valence-electron chi connectivity index (χ2n) is 7.17. The van der Waals surface area contributed by atoms with Crippen molar-refractivity contribution in [2.24, 2.45) is 12.5 Å². The van der Waals surface area contributed by atoms with Gasteiger partial charge in [-0.2, -0.15) is 13.2 Å². The van der Waals surface area contributed by atoms with E-state index in [1.165, 1.54) is 36.0 Å². The number of amides is 1. The summed E-state index contributed by atoms with van der Waals surface area (Å²) in [6.45, 7) is 4.83. The van der Waals surface area contributed by atoms with Crippen LogP contribution in [0.5, 0.6) is 0 Å². The fourth-order valence-electron chi connectivity index (χ4n) is 2.35. The number of ketones is 2. The van der Waals surface area contributed by atoms with E-state index in [2.05, 4.69) is 5.32 Å². The van der Waals surface area contributed by atoms with Gasteiger partial charge in [-0.15, -0.1) is 0 Å². The molecular weight excluding hydrogens is 361 g/mol. The summed E-state index contributed by atoms with van der Waals surface area (Å²) in [4.78, 5) is 36.8. The van der Waals surface area contributed by atoms with E-state index in [0.29, 0.717) is 0 Å². The molecule has 0 aliphatic heterocycles. The number of aromatic nitrogens is 1.